The van der Waals surface area contributed by atoms with Gasteiger partial charge in [-0.25, -0.2) is 0 Å². The molecule has 7 heteroatoms. The molecule has 0 saturated carbocycles. The van der Waals surface area contributed by atoms with Crippen molar-refractivity contribution in [3.63, 3.8) is 0 Å². The molecular weight excluding hydrogens is 354 g/mol. The summed E-state index contributed by atoms with van der Waals surface area (Å²) in [5.41, 5.74) is 1.06. The van der Waals surface area contributed by atoms with Gasteiger partial charge >= 0.3 is 0 Å². The molecule has 0 bridgehead atoms. The Kier molecular flexibility index (Phi) is 8.15. The normalized spacial score (nSPS) is 22.1. The van der Waals surface area contributed by atoms with Gasteiger partial charge in [0.15, 0.2) is 11.7 Å². The molecule has 2 saturated heterocycles. The summed E-state index contributed by atoms with van der Waals surface area (Å²) >= 11 is 0. The molecule has 2 N–H and O–H groups in total. The highest BCUT2D eigenvalue weighted by Gasteiger charge is 2.24. The lowest BCUT2D eigenvalue weighted by molar-refractivity contribution is 0.150. The van der Waals surface area contributed by atoms with E-state index in [1.54, 1.807) is 0 Å². The summed E-state index contributed by atoms with van der Waals surface area (Å²) in [7, 11) is 1.82. The number of hydrogen-bond donors (Lipinski definition) is 2. The molecule has 3 heterocycles. The van der Waals surface area contributed by atoms with E-state index in [9.17, 15) is 0 Å². The lowest BCUT2D eigenvalue weighted by Crippen LogP contribution is -2.49. The maximum atomic E-state index is 5.50. The van der Waals surface area contributed by atoms with Gasteiger partial charge in [0.1, 0.15) is 0 Å². The molecule has 0 radical (unpaired) electrons. The fourth-order valence-corrected chi connectivity index (χ4v) is 4.22. The average molecular weight is 392 g/mol. The second kappa shape index (κ2) is 10.8. The lowest BCUT2D eigenvalue weighted by atomic mass is 9.99. The number of aromatic nitrogens is 1. The van der Waals surface area contributed by atoms with Crippen LogP contribution >= 0.6 is 0 Å². The second-order valence-corrected chi connectivity index (χ2v) is 8.11. The summed E-state index contributed by atoms with van der Waals surface area (Å²) in [5.74, 6) is 2.91. The molecule has 2 aliphatic rings. The van der Waals surface area contributed by atoms with Crippen molar-refractivity contribution in [3.05, 3.63) is 17.5 Å². The number of guanidine groups is 1. The highest BCUT2D eigenvalue weighted by molar-refractivity contribution is 5.79. The van der Waals surface area contributed by atoms with Crippen molar-refractivity contribution in [1.82, 2.24) is 20.7 Å². The maximum Gasteiger partial charge on any atom is 0.191 e. The van der Waals surface area contributed by atoms with E-state index in [1.807, 2.05) is 7.05 Å². The molecular formula is C21H37N5O2. The van der Waals surface area contributed by atoms with Crippen LogP contribution in [0.5, 0.6) is 0 Å². The molecule has 2 aliphatic heterocycles. The van der Waals surface area contributed by atoms with E-state index < -0.39 is 0 Å². The predicted molar refractivity (Wildman–Crippen MR) is 112 cm³/mol. The summed E-state index contributed by atoms with van der Waals surface area (Å²) in [5, 5.41) is 11.2. The molecule has 0 spiro atoms. The third-order valence-corrected chi connectivity index (χ3v) is 6.10. The van der Waals surface area contributed by atoms with Crippen molar-refractivity contribution in [2.24, 2.45) is 10.9 Å². The second-order valence-electron chi connectivity index (χ2n) is 8.11. The smallest absolute Gasteiger partial charge is 0.191 e. The zero-order valence-electron chi connectivity index (χ0n) is 17.7. The van der Waals surface area contributed by atoms with Crippen molar-refractivity contribution in [3.8, 4) is 0 Å². The van der Waals surface area contributed by atoms with Gasteiger partial charge in [0.2, 0.25) is 0 Å². The Bertz CT molecular complexity index is 600. The van der Waals surface area contributed by atoms with Crippen molar-refractivity contribution in [2.75, 3.05) is 39.9 Å². The zero-order valence-corrected chi connectivity index (χ0v) is 17.7. The van der Waals surface area contributed by atoms with Crippen LogP contribution in [0, 0.1) is 5.92 Å². The Morgan fingerprint density at radius 1 is 1.29 bits per heavy atom. The standard InChI is InChI=1S/C21H37N5O2/c1-4-17(5-2)20-12-19(28-25-20)13-23-21(22-3)24-18-6-9-26(10-7-18)14-16-8-11-27-15-16/h12,16-18H,4-11,13-15H2,1-3H3,(H2,22,23,24). The van der Waals surface area contributed by atoms with Crippen molar-refractivity contribution in [2.45, 2.75) is 64.5 Å². The molecule has 158 valence electrons. The first kappa shape index (κ1) is 21.1. The van der Waals surface area contributed by atoms with E-state index in [0.29, 0.717) is 18.5 Å². The fraction of sp³-hybridized carbons (Fsp3) is 0.810. The highest BCUT2D eigenvalue weighted by atomic mass is 16.5. The first-order valence-corrected chi connectivity index (χ1v) is 10.9. The molecule has 0 amide bonds. The molecule has 1 atom stereocenters. The third kappa shape index (κ3) is 5.95. The number of nitrogens with zero attached hydrogens (tertiary/aromatic N) is 3. The minimum atomic E-state index is 0.470. The van der Waals surface area contributed by atoms with Crippen LogP contribution in [0.4, 0.5) is 0 Å². The number of nitrogens with one attached hydrogen (secondary N) is 2. The summed E-state index contributed by atoms with van der Waals surface area (Å²) in [6.07, 6.45) is 5.69. The van der Waals surface area contributed by atoms with Crippen molar-refractivity contribution >= 4 is 5.96 Å². The molecule has 1 aromatic heterocycles. The lowest BCUT2D eigenvalue weighted by Gasteiger charge is -2.34. The first-order chi connectivity index (χ1) is 13.7. The molecule has 28 heavy (non-hydrogen) atoms. The Morgan fingerprint density at radius 3 is 2.71 bits per heavy atom. The number of rotatable bonds is 8. The van der Waals surface area contributed by atoms with E-state index in [0.717, 1.165) is 75.3 Å². The topological polar surface area (TPSA) is 74.9 Å². The van der Waals surface area contributed by atoms with Crippen LogP contribution in [0.15, 0.2) is 15.6 Å². The van der Waals surface area contributed by atoms with E-state index in [2.05, 4.69) is 45.6 Å². The van der Waals surface area contributed by atoms with Gasteiger partial charge in [-0.2, -0.15) is 0 Å². The Balaban J connectivity index is 1.39. The van der Waals surface area contributed by atoms with Gasteiger partial charge in [-0.05, 0) is 38.0 Å². The monoisotopic (exact) mass is 391 g/mol. The fourth-order valence-electron chi connectivity index (χ4n) is 4.22. The van der Waals surface area contributed by atoms with E-state index in [4.69, 9.17) is 9.26 Å². The van der Waals surface area contributed by atoms with Gasteiger partial charge in [-0.3, -0.25) is 4.99 Å². The number of hydrogen-bond acceptors (Lipinski definition) is 5. The Hall–Kier alpha value is -1.60. The van der Waals surface area contributed by atoms with Crippen LogP contribution in [0.1, 0.15) is 63.3 Å². The zero-order chi connectivity index (χ0) is 19.8. The van der Waals surface area contributed by atoms with Crippen LogP contribution in [0.2, 0.25) is 0 Å². The quantitative estimate of drug-likeness (QED) is 0.524. The molecule has 1 aromatic rings. The maximum absolute atomic E-state index is 5.50. The van der Waals surface area contributed by atoms with E-state index >= 15 is 0 Å². The molecule has 2 fully saturated rings. The molecule has 1 unspecified atom stereocenters. The average Bonchev–Trinajstić information content (AvgIpc) is 3.40. The number of likely N-dealkylation sites (tertiary alicyclic amines) is 1. The summed E-state index contributed by atoms with van der Waals surface area (Å²) in [6.45, 7) is 10.3. The Morgan fingerprint density at radius 2 is 2.07 bits per heavy atom. The molecule has 0 aliphatic carbocycles. The number of piperidine rings is 1. The minimum absolute atomic E-state index is 0.470. The Labute approximate surface area is 169 Å². The predicted octanol–water partition coefficient (Wildman–Crippen LogP) is 2.74. The molecule has 0 aromatic carbocycles. The van der Waals surface area contributed by atoms with Crippen LogP contribution in [0.3, 0.4) is 0 Å². The first-order valence-electron chi connectivity index (χ1n) is 10.9. The van der Waals surface area contributed by atoms with Crippen LogP contribution < -0.4 is 10.6 Å². The van der Waals surface area contributed by atoms with Crippen molar-refractivity contribution < 1.29 is 9.26 Å². The SMILES string of the molecule is CCC(CC)c1cc(CNC(=NC)NC2CCN(CC3CCOC3)CC2)on1. The van der Waals surface area contributed by atoms with Gasteiger partial charge in [0.05, 0.1) is 18.8 Å². The van der Waals surface area contributed by atoms with E-state index in [1.165, 1.54) is 13.0 Å². The third-order valence-electron chi connectivity index (χ3n) is 6.10. The van der Waals surface area contributed by atoms with Gasteiger partial charge in [-0.1, -0.05) is 19.0 Å². The summed E-state index contributed by atoms with van der Waals surface area (Å²) in [6, 6.07) is 2.54. The van der Waals surface area contributed by atoms with Crippen molar-refractivity contribution in [1.29, 1.82) is 0 Å². The van der Waals surface area contributed by atoms with Crippen LogP contribution in [0.25, 0.3) is 0 Å². The largest absolute Gasteiger partial charge is 0.381 e. The van der Waals surface area contributed by atoms with Gasteiger partial charge < -0.3 is 24.8 Å². The van der Waals surface area contributed by atoms with Gasteiger partial charge in [0, 0.05) is 51.3 Å². The highest BCUT2D eigenvalue weighted by Crippen LogP contribution is 2.22. The summed E-state index contributed by atoms with van der Waals surface area (Å²) < 4.78 is 11.0. The van der Waals surface area contributed by atoms with Crippen LogP contribution in [-0.4, -0.2) is 62.0 Å². The van der Waals surface area contributed by atoms with E-state index in [-0.39, 0.29) is 0 Å². The number of aliphatic imine (C=N–C) groups is 1. The van der Waals surface area contributed by atoms with Crippen LogP contribution in [-0.2, 0) is 11.3 Å². The number of ether oxygens (including phenoxy) is 1. The minimum Gasteiger partial charge on any atom is -0.381 e. The van der Waals surface area contributed by atoms with Gasteiger partial charge in [-0.15, -0.1) is 0 Å². The molecule has 3 rings (SSSR count). The summed E-state index contributed by atoms with van der Waals surface area (Å²) in [4.78, 5) is 6.96. The molecule has 7 nitrogen and oxygen atoms in total. The van der Waals surface area contributed by atoms with Gasteiger partial charge in [0.25, 0.3) is 0 Å².